The molecular formula is C22H30N2O7. The van der Waals surface area contributed by atoms with Gasteiger partial charge in [0.05, 0.1) is 20.8 Å². The van der Waals surface area contributed by atoms with Gasteiger partial charge in [-0.15, -0.1) is 0 Å². The standard InChI is InChI=1S/C22H30N2O7/c1-21(2,3)30-19(26)23-10-8-22(9-11-23)14-24(20(27)31-22)13-15-6-7-16(18(25)29-5)17(12-15)28-4/h6-7,12H,8-11,13-14H2,1-5H3. The number of methoxy groups -OCH3 is 2. The van der Waals surface area contributed by atoms with Crippen LogP contribution in [0, 0.1) is 0 Å². The summed E-state index contributed by atoms with van der Waals surface area (Å²) < 4.78 is 21.2. The highest BCUT2D eigenvalue weighted by atomic mass is 16.6. The van der Waals surface area contributed by atoms with Gasteiger partial charge in [0.15, 0.2) is 0 Å². The van der Waals surface area contributed by atoms with Gasteiger partial charge < -0.3 is 23.8 Å². The maximum atomic E-state index is 12.5. The second-order valence-electron chi connectivity index (χ2n) is 8.90. The summed E-state index contributed by atoms with van der Waals surface area (Å²) >= 11 is 0. The molecule has 2 fully saturated rings. The first-order chi connectivity index (χ1) is 14.6. The fourth-order valence-corrected chi connectivity index (χ4v) is 3.83. The molecule has 2 amide bonds. The zero-order valence-electron chi connectivity index (χ0n) is 18.7. The number of rotatable bonds is 4. The number of esters is 1. The van der Waals surface area contributed by atoms with E-state index in [1.165, 1.54) is 14.2 Å². The molecule has 31 heavy (non-hydrogen) atoms. The first kappa shape index (κ1) is 22.7. The van der Waals surface area contributed by atoms with Crippen molar-refractivity contribution in [3.8, 4) is 5.75 Å². The number of nitrogens with zero attached hydrogens (tertiary/aromatic N) is 2. The van der Waals surface area contributed by atoms with Gasteiger partial charge in [-0.3, -0.25) is 4.90 Å². The van der Waals surface area contributed by atoms with Gasteiger partial charge in [0, 0.05) is 32.5 Å². The molecule has 2 saturated heterocycles. The van der Waals surface area contributed by atoms with Crippen LogP contribution >= 0.6 is 0 Å². The number of carbonyl (C=O) groups is 3. The molecule has 0 aliphatic carbocycles. The molecule has 2 aliphatic heterocycles. The summed E-state index contributed by atoms with van der Waals surface area (Å²) in [5, 5.41) is 0. The zero-order valence-corrected chi connectivity index (χ0v) is 18.7. The summed E-state index contributed by atoms with van der Waals surface area (Å²) in [6, 6.07) is 5.10. The first-order valence-corrected chi connectivity index (χ1v) is 10.3. The van der Waals surface area contributed by atoms with E-state index in [1.807, 2.05) is 20.8 Å². The van der Waals surface area contributed by atoms with Crippen molar-refractivity contribution in [2.24, 2.45) is 0 Å². The average Bonchev–Trinajstić information content (AvgIpc) is 3.00. The van der Waals surface area contributed by atoms with Gasteiger partial charge in [0.1, 0.15) is 22.5 Å². The lowest BCUT2D eigenvalue weighted by molar-refractivity contribution is -0.0170. The molecule has 0 unspecified atom stereocenters. The minimum absolute atomic E-state index is 0.323. The van der Waals surface area contributed by atoms with Gasteiger partial charge in [-0.05, 0) is 38.5 Å². The van der Waals surface area contributed by atoms with E-state index in [-0.39, 0.29) is 12.2 Å². The van der Waals surface area contributed by atoms with E-state index in [0.29, 0.717) is 50.3 Å². The number of piperidine rings is 1. The third-order valence-electron chi connectivity index (χ3n) is 5.41. The van der Waals surface area contributed by atoms with Crippen LogP contribution in [-0.4, -0.2) is 73.0 Å². The molecule has 0 N–H and O–H groups in total. The number of hydrogen-bond donors (Lipinski definition) is 0. The van der Waals surface area contributed by atoms with Crippen molar-refractivity contribution >= 4 is 18.2 Å². The number of benzene rings is 1. The minimum Gasteiger partial charge on any atom is -0.496 e. The van der Waals surface area contributed by atoms with Gasteiger partial charge in [-0.25, -0.2) is 14.4 Å². The molecule has 9 heteroatoms. The predicted molar refractivity (Wildman–Crippen MR) is 111 cm³/mol. The van der Waals surface area contributed by atoms with E-state index in [0.717, 1.165) is 5.56 Å². The van der Waals surface area contributed by atoms with Gasteiger partial charge in [0.25, 0.3) is 0 Å². The summed E-state index contributed by atoms with van der Waals surface area (Å²) in [5.74, 6) is -0.100. The molecule has 170 valence electrons. The Morgan fingerprint density at radius 1 is 1.16 bits per heavy atom. The molecular weight excluding hydrogens is 404 g/mol. The van der Waals surface area contributed by atoms with Gasteiger partial charge in [-0.2, -0.15) is 0 Å². The van der Waals surface area contributed by atoms with Crippen molar-refractivity contribution in [1.29, 1.82) is 0 Å². The van der Waals surface area contributed by atoms with E-state index < -0.39 is 17.2 Å². The maximum Gasteiger partial charge on any atom is 0.410 e. The molecule has 3 rings (SSSR count). The lowest BCUT2D eigenvalue weighted by atomic mass is 9.91. The van der Waals surface area contributed by atoms with Crippen LogP contribution < -0.4 is 4.74 Å². The van der Waals surface area contributed by atoms with Gasteiger partial charge >= 0.3 is 18.2 Å². The fourth-order valence-electron chi connectivity index (χ4n) is 3.83. The molecule has 1 aromatic rings. The summed E-state index contributed by atoms with van der Waals surface area (Å²) in [6.45, 7) is 7.21. The number of carbonyl (C=O) groups excluding carboxylic acids is 3. The minimum atomic E-state index is -0.606. The Balaban J connectivity index is 1.62. The van der Waals surface area contributed by atoms with Crippen LogP contribution in [-0.2, 0) is 20.8 Å². The highest BCUT2D eigenvalue weighted by molar-refractivity contribution is 5.92. The second kappa shape index (κ2) is 8.64. The Morgan fingerprint density at radius 3 is 2.42 bits per heavy atom. The van der Waals surface area contributed by atoms with E-state index >= 15 is 0 Å². The van der Waals surface area contributed by atoms with E-state index in [9.17, 15) is 14.4 Å². The average molecular weight is 434 g/mol. The summed E-state index contributed by atoms with van der Waals surface area (Å²) in [4.78, 5) is 39.9. The summed E-state index contributed by atoms with van der Waals surface area (Å²) in [6.07, 6.45) is 0.376. The van der Waals surface area contributed by atoms with Crippen LogP contribution in [0.5, 0.6) is 5.75 Å². The number of amides is 2. The zero-order chi connectivity index (χ0) is 22.8. The predicted octanol–water partition coefficient (Wildman–Crippen LogP) is 3.20. The van der Waals surface area contributed by atoms with Crippen LogP contribution in [0.3, 0.4) is 0 Å². The van der Waals surface area contributed by atoms with Crippen LogP contribution in [0.15, 0.2) is 18.2 Å². The Labute approximate surface area is 182 Å². The molecule has 1 aromatic carbocycles. The van der Waals surface area contributed by atoms with E-state index in [4.69, 9.17) is 18.9 Å². The molecule has 1 spiro atoms. The number of ether oxygens (including phenoxy) is 4. The third kappa shape index (κ3) is 5.21. The highest BCUT2D eigenvalue weighted by Crippen LogP contribution is 2.35. The van der Waals surface area contributed by atoms with Crippen molar-refractivity contribution in [1.82, 2.24) is 9.80 Å². The van der Waals surface area contributed by atoms with Crippen LogP contribution in [0.1, 0.15) is 49.5 Å². The van der Waals surface area contributed by atoms with E-state index in [2.05, 4.69) is 0 Å². The molecule has 2 aliphatic rings. The lowest BCUT2D eigenvalue weighted by Gasteiger charge is -2.37. The topological polar surface area (TPSA) is 94.6 Å². The molecule has 0 atom stereocenters. The van der Waals surface area contributed by atoms with Crippen molar-refractivity contribution < 1.29 is 33.3 Å². The van der Waals surface area contributed by atoms with Crippen LogP contribution in [0.25, 0.3) is 0 Å². The highest BCUT2D eigenvalue weighted by Gasteiger charge is 2.47. The van der Waals surface area contributed by atoms with Crippen LogP contribution in [0.4, 0.5) is 9.59 Å². The van der Waals surface area contributed by atoms with Crippen LogP contribution in [0.2, 0.25) is 0 Å². The monoisotopic (exact) mass is 434 g/mol. The van der Waals surface area contributed by atoms with Crippen molar-refractivity contribution in [3.63, 3.8) is 0 Å². The maximum absolute atomic E-state index is 12.5. The summed E-state index contributed by atoms with van der Waals surface area (Å²) in [7, 11) is 2.78. The lowest BCUT2D eigenvalue weighted by Crippen LogP contribution is -2.49. The molecule has 9 nitrogen and oxygen atoms in total. The largest absolute Gasteiger partial charge is 0.496 e. The summed E-state index contributed by atoms with van der Waals surface area (Å²) in [5.41, 5.74) is -0.0210. The third-order valence-corrected chi connectivity index (χ3v) is 5.41. The van der Waals surface area contributed by atoms with Gasteiger partial charge in [-0.1, -0.05) is 6.07 Å². The van der Waals surface area contributed by atoms with Crippen molar-refractivity contribution in [2.45, 2.75) is 51.4 Å². The first-order valence-electron chi connectivity index (χ1n) is 10.3. The Kier molecular flexibility index (Phi) is 6.33. The molecule has 0 aromatic heterocycles. The number of likely N-dealkylation sites (tertiary alicyclic amines) is 1. The smallest absolute Gasteiger partial charge is 0.410 e. The molecule has 0 bridgehead atoms. The fraction of sp³-hybridized carbons (Fsp3) is 0.591. The Bertz CT molecular complexity index is 854. The Morgan fingerprint density at radius 2 is 1.84 bits per heavy atom. The van der Waals surface area contributed by atoms with Gasteiger partial charge in [0.2, 0.25) is 0 Å². The molecule has 0 saturated carbocycles. The second-order valence-corrected chi connectivity index (χ2v) is 8.90. The SMILES string of the molecule is COC(=O)c1ccc(CN2CC3(CCN(C(=O)OC(C)(C)C)CC3)OC2=O)cc1OC. The molecule has 2 heterocycles. The molecule has 0 radical (unpaired) electrons. The van der Waals surface area contributed by atoms with Crippen molar-refractivity contribution in [2.75, 3.05) is 33.9 Å². The normalized spacial score (nSPS) is 18.0. The Hall–Kier alpha value is -2.97. The quantitative estimate of drug-likeness (QED) is 0.530. The van der Waals surface area contributed by atoms with Crippen molar-refractivity contribution in [3.05, 3.63) is 29.3 Å². The van der Waals surface area contributed by atoms with E-state index in [1.54, 1.807) is 28.0 Å². The number of hydrogen-bond acceptors (Lipinski definition) is 7.